The topological polar surface area (TPSA) is 70.6 Å². The number of amides is 1. The number of carbonyl (C=O) groups is 1. The van der Waals surface area contributed by atoms with Crippen molar-refractivity contribution in [1.29, 1.82) is 0 Å². The number of pyridine rings is 1. The first kappa shape index (κ1) is 20.3. The zero-order valence-electron chi connectivity index (χ0n) is 17.2. The first-order valence-electron chi connectivity index (χ1n) is 10.1. The fraction of sp³-hybridized carbons (Fsp3) is 0.304. The highest BCUT2D eigenvalue weighted by atomic mass is 32.2. The molecule has 0 saturated carbocycles. The summed E-state index contributed by atoms with van der Waals surface area (Å²) in [6.07, 6.45) is 2.02. The third kappa shape index (κ3) is 4.03. The second kappa shape index (κ2) is 8.07. The van der Waals surface area contributed by atoms with Crippen LogP contribution in [0.15, 0.2) is 59.5 Å². The van der Waals surface area contributed by atoms with E-state index in [1.165, 1.54) is 12.1 Å². The Kier molecular flexibility index (Phi) is 5.47. The van der Waals surface area contributed by atoms with Gasteiger partial charge in [-0.1, -0.05) is 31.2 Å². The molecular weight excluding hydrogens is 398 g/mol. The van der Waals surface area contributed by atoms with Crippen molar-refractivity contribution in [3.63, 3.8) is 0 Å². The van der Waals surface area contributed by atoms with E-state index >= 15 is 0 Å². The minimum Gasteiger partial charge on any atom is -0.367 e. The summed E-state index contributed by atoms with van der Waals surface area (Å²) in [5, 5.41) is 1.12. The molecule has 7 heteroatoms. The zero-order chi connectivity index (χ0) is 21.3. The van der Waals surface area contributed by atoms with Crippen LogP contribution in [0.25, 0.3) is 10.9 Å². The molecule has 0 unspecified atom stereocenters. The molecule has 4 rings (SSSR count). The Morgan fingerprint density at radius 3 is 2.43 bits per heavy atom. The van der Waals surface area contributed by atoms with Gasteiger partial charge in [-0.3, -0.25) is 9.78 Å². The maximum atomic E-state index is 12.9. The van der Waals surface area contributed by atoms with Crippen LogP contribution in [0.2, 0.25) is 0 Å². The van der Waals surface area contributed by atoms with E-state index in [4.69, 9.17) is 4.98 Å². The number of sulfone groups is 1. The molecule has 0 N–H and O–H groups in total. The summed E-state index contributed by atoms with van der Waals surface area (Å²) >= 11 is 0. The van der Waals surface area contributed by atoms with E-state index in [2.05, 4.69) is 24.0 Å². The average Bonchev–Trinajstić information content (AvgIpc) is 2.77. The highest BCUT2D eigenvalue weighted by Gasteiger charge is 2.24. The van der Waals surface area contributed by atoms with Crippen molar-refractivity contribution in [2.45, 2.75) is 18.2 Å². The number of nitrogens with zero attached hydrogens (tertiary/aromatic N) is 3. The van der Waals surface area contributed by atoms with Gasteiger partial charge in [-0.2, -0.15) is 0 Å². The Morgan fingerprint density at radius 2 is 1.73 bits per heavy atom. The smallest absolute Gasteiger partial charge is 0.254 e. The summed E-state index contributed by atoms with van der Waals surface area (Å²) in [5.74, 6) is -0.131. The molecule has 30 heavy (non-hydrogen) atoms. The summed E-state index contributed by atoms with van der Waals surface area (Å²) in [4.78, 5) is 21.9. The maximum Gasteiger partial charge on any atom is 0.254 e. The summed E-state index contributed by atoms with van der Waals surface area (Å²) in [7, 11) is -3.35. The maximum absolute atomic E-state index is 12.9. The fourth-order valence-corrected chi connectivity index (χ4v) is 4.51. The van der Waals surface area contributed by atoms with E-state index in [-0.39, 0.29) is 10.8 Å². The van der Waals surface area contributed by atoms with Crippen molar-refractivity contribution in [2.24, 2.45) is 0 Å². The van der Waals surface area contributed by atoms with Gasteiger partial charge in [-0.05, 0) is 36.8 Å². The standard InChI is InChI=1S/C23H25N3O3S/c1-3-18-16-22(20-9-4-5-10-21(20)24-18)25-11-13-26(14-12-25)23(27)17-7-6-8-19(15-17)30(2,28)29/h4-10,15-16H,3,11-14H2,1-2H3. The second-order valence-electron chi connectivity index (χ2n) is 7.58. The number of hydrogen-bond donors (Lipinski definition) is 0. The molecule has 0 bridgehead atoms. The third-order valence-corrected chi connectivity index (χ3v) is 6.64. The average molecular weight is 424 g/mol. The molecule has 1 aliphatic rings. The summed E-state index contributed by atoms with van der Waals surface area (Å²) in [5.41, 5.74) is 3.61. The van der Waals surface area contributed by atoms with Crippen molar-refractivity contribution in [3.05, 3.63) is 65.9 Å². The number of carbonyl (C=O) groups excluding carboxylic acids is 1. The lowest BCUT2D eigenvalue weighted by Crippen LogP contribution is -2.48. The Balaban J connectivity index is 1.54. The van der Waals surface area contributed by atoms with Gasteiger partial charge in [-0.15, -0.1) is 0 Å². The monoisotopic (exact) mass is 423 g/mol. The molecule has 1 fully saturated rings. The first-order chi connectivity index (χ1) is 14.4. The van der Waals surface area contributed by atoms with Crippen LogP contribution in [0.5, 0.6) is 0 Å². The van der Waals surface area contributed by atoms with Gasteiger partial charge < -0.3 is 9.80 Å². The van der Waals surface area contributed by atoms with Crippen molar-refractivity contribution in [3.8, 4) is 0 Å². The number of para-hydroxylation sites is 1. The number of anilines is 1. The molecule has 3 aromatic rings. The van der Waals surface area contributed by atoms with E-state index in [1.54, 1.807) is 17.0 Å². The quantitative estimate of drug-likeness (QED) is 0.645. The van der Waals surface area contributed by atoms with Crippen LogP contribution < -0.4 is 4.90 Å². The van der Waals surface area contributed by atoms with Crippen LogP contribution in [0.4, 0.5) is 5.69 Å². The number of hydrogen-bond acceptors (Lipinski definition) is 5. The molecule has 0 aliphatic carbocycles. The van der Waals surface area contributed by atoms with Gasteiger partial charge >= 0.3 is 0 Å². The molecule has 1 saturated heterocycles. The molecule has 2 heterocycles. The van der Waals surface area contributed by atoms with Crippen molar-refractivity contribution in [1.82, 2.24) is 9.88 Å². The van der Waals surface area contributed by atoms with Gasteiger partial charge in [0.2, 0.25) is 0 Å². The summed E-state index contributed by atoms with van der Waals surface area (Å²) in [6, 6.07) is 16.6. The van der Waals surface area contributed by atoms with Crippen LogP contribution in [0, 0.1) is 0 Å². The summed E-state index contributed by atoms with van der Waals surface area (Å²) in [6.45, 7) is 4.70. The molecule has 0 atom stereocenters. The Hall–Kier alpha value is -2.93. The largest absolute Gasteiger partial charge is 0.367 e. The number of aromatic nitrogens is 1. The molecule has 1 amide bonds. The van der Waals surface area contributed by atoms with Gasteiger partial charge in [-0.25, -0.2) is 8.42 Å². The van der Waals surface area contributed by atoms with Crippen molar-refractivity contribution < 1.29 is 13.2 Å². The second-order valence-corrected chi connectivity index (χ2v) is 9.60. The number of piperazine rings is 1. The Morgan fingerprint density at radius 1 is 1.00 bits per heavy atom. The van der Waals surface area contributed by atoms with Crippen molar-refractivity contribution in [2.75, 3.05) is 37.3 Å². The lowest BCUT2D eigenvalue weighted by atomic mass is 10.1. The first-order valence-corrected chi connectivity index (χ1v) is 12.0. The molecular formula is C23H25N3O3S. The molecule has 6 nitrogen and oxygen atoms in total. The predicted octanol–water partition coefficient (Wildman–Crippen LogP) is 3.16. The lowest BCUT2D eigenvalue weighted by Gasteiger charge is -2.36. The highest BCUT2D eigenvalue weighted by molar-refractivity contribution is 7.90. The highest BCUT2D eigenvalue weighted by Crippen LogP contribution is 2.28. The third-order valence-electron chi connectivity index (χ3n) is 5.53. The van der Waals surface area contributed by atoms with E-state index in [9.17, 15) is 13.2 Å². The number of aryl methyl sites for hydroxylation is 1. The lowest BCUT2D eigenvalue weighted by molar-refractivity contribution is 0.0746. The van der Waals surface area contributed by atoms with E-state index in [1.807, 2.05) is 18.2 Å². The minimum atomic E-state index is -3.35. The Labute approximate surface area is 177 Å². The number of fused-ring (bicyclic) bond motifs is 1. The van der Waals surface area contributed by atoms with Crippen LogP contribution in [-0.4, -0.2) is 56.6 Å². The van der Waals surface area contributed by atoms with Crippen LogP contribution >= 0.6 is 0 Å². The summed E-state index contributed by atoms with van der Waals surface area (Å²) < 4.78 is 23.6. The molecule has 1 aliphatic heterocycles. The SMILES string of the molecule is CCc1cc(N2CCN(C(=O)c3cccc(S(C)(=O)=O)c3)CC2)c2ccccc2n1. The zero-order valence-corrected chi connectivity index (χ0v) is 18.0. The number of benzene rings is 2. The molecule has 2 aromatic carbocycles. The van der Waals surface area contributed by atoms with Gasteiger partial charge in [0.15, 0.2) is 9.84 Å². The molecule has 156 valence electrons. The van der Waals surface area contributed by atoms with Crippen LogP contribution in [0.3, 0.4) is 0 Å². The normalized spacial score (nSPS) is 14.9. The fourth-order valence-electron chi connectivity index (χ4n) is 3.85. The Bertz CT molecular complexity index is 1200. The van der Waals surface area contributed by atoms with E-state index in [0.29, 0.717) is 31.7 Å². The van der Waals surface area contributed by atoms with E-state index in [0.717, 1.165) is 35.0 Å². The van der Waals surface area contributed by atoms with E-state index < -0.39 is 9.84 Å². The molecule has 1 aromatic heterocycles. The van der Waals surface area contributed by atoms with Gasteiger partial charge in [0.05, 0.1) is 10.4 Å². The van der Waals surface area contributed by atoms with Crippen LogP contribution in [0.1, 0.15) is 23.0 Å². The van der Waals surface area contributed by atoms with Gasteiger partial charge in [0, 0.05) is 54.8 Å². The van der Waals surface area contributed by atoms with Gasteiger partial charge in [0.1, 0.15) is 0 Å². The molecule has 0 spiro atoms. The van der Waals surface area contributed by atoms with Crippen molar-refractivity contribution >= 4 is 32.3 Å². The van der Waals surface area contributed by atoms with Crippen LogP contribution in [-0.2, 0) is 16.3 Å². The molecule has 0 radical (unpaired) electrons. The van der Waals surface area contributed by atoms with Gasteiger partial charge in [0.25, 0.3) is 5.91 Å². The minimum absolute atomic E-state index is 0.131. The predicted molar refractivity (Wildman–Crippen MR) is 119 cm³/mol. The number of rotatable bonds is 4.